The number of nitrogens with zero attached hydrogens (tertiary/aromatic N) is 1. The van der Waals surface area contributed by atoms with Gasteiger partial charge in [-0.05, 0) is 24.1 Å². The molecule has 128 valence electrons. The molecule has 8 heteroatoms. The van der Waals surface area contributed by atoms with Crippen LogP contribution in [0, 0.1) is 0 Å². The largest absolute Gasteiger partial charge is 0.497 e. The summed E-state index contributed by atoms with van der Waals surface area (Å²) in [6.45, 7) is 2.06. The standard InChI is InChI=1S/C16H19N3O5/c1-4-12(13-14(20)18-16(22)19-15(13)21)17-8-9-5-10(23-2)7-11(6-9)24-3/h5-7H,4,8H2,1-3H3,(H3,18,19,20,21,22). The minimum atomic E-state index is -0.769. The van der Waals surface area contributed by atoms with E-state index in [1.807, 2.05) is 0 Å². The zero-order chi connectivity index (χ0) is 17.7. The van der Waals surface area contributed by atoms with Crippen molar-refractivity contribution < 1.29 is 14.6 Å². The molecule has 0 amide bonds. The van der Waals surface area contributed by atoms with Crippen LogP contribution in [0.2, 0.25) is 0 Å². The Bertz CT molecular complexity index is 844. The fourth-order valence-corrected chi connectivity index (χ4v) is 2.25. The van der Waals surface area contributed by atoms with Crippen LogP contribution >= 0.6 is 0 Å². The molecule has 1 heterocycles. The summed E-state index contributed by atoms with van der Waals surface area (Å²) in [6.07, 6.45) is 0.407. The van der Waals surface area contributed by atoms with E-state index < -0.39 is 17.1 Å². The van der Waals surface area contributed by atoms with Gasteiger partial charge in [0.15, 0.2) is 0 Å². The van der Waals surface area contributed by atoms with Crippen LogP contribution in [0.25, 0.3) is 0 Å². The van der Waals surface area contributed by atoms with E-state index in [-0.39, 0.29) is 12.1 Å². The lowest BCUT2D eigenvalue weighted by Gasteiger charge is -2.08. The maximum absolute atomic E-state index is 11.9. The third kappa shape index (κ3) is 3.83. The quantitative estimate of drug-likeness (QED) is 0.686. The van der Waals surface area contributed by atoms with Crippen molar-refractivity contribution in [2.45, 2.75) is 19.9 Å². The molecule has 0 atom stereocenters. The number of methoxy groups -OCH3 is 2. The Labute approximate surface area is 137 Å². The molecule has 0 saturated heterocycles. The van der Waals surface area contributed by atoms with Crippen molar-refractivity contribution in [3.63, 3.8) is 0 Å². The van der Waals surface area contributed by atoms with Crippen molar-refractivity contribution in [1.29, 1.82) is 0 Å². The summed E-state index contributed by atoms with van der Waals surface area (Å²) in [5.74, 6) is 0.761. The molecule has 24 heavy (non-hydrogen) atoms. The highest BCUT2D eigenvalue weighted by molar-refractivity contribution is 6.01. The van der Waals surface area contributed by atoms with Gasteiger partial charge in [0.25, 0.3) is 5.56 Å². The van der Waals surface area contributed by atoms with Crippen molar-refractivity contribution in [2.75, 3.05) is 14.2 Å². The van der Waals surface area contributed by atoms with Crippen LogP contribution in [-0.2, 0) is 6.54 Å². The molecule has 0 saturated carbocycles. The van der Waals surface area contributed by atoms with Crippen molar-refractivity contribution in [1.82, 2.24) is 9.97 Å². The first-order valence-corrected chi connectivity index (χ1v) is 7.29. The lowest BCUT2D eigenvalue weighted by Crippen LogP contribution is -2.27. The summed E-state index contributed by atoms with van der Waals surface area (Å²) >= 11 is 0. The summed E-state index contributed by atoms with van der Waals surface area (Å²) in [5.41, 5.74) is -0.287. The Hall–Kier alpha value is -3.03. The van der Waals surface area contributed by atoms with E-state index in [0.717, 1.165) is 5.56 Å². The Morgan fingerprint density at radius 2 is 1.75 bits per heavy atom. The molecule has 0 radical (unpaired) electrons. The van der Waals surface area contributed by atoms with Gasteiger partial charge in [-0.1, -0.05) is 6.92 Å². The maximum Gasteiger partial charge on any atom is 0.328 e. The highest BCUT2D eigenvalue weighted by Gasteiger charge is 2.14. The first-order valence-electron chi connectivity index (χ1n) is 7.29. The fraction of sp³-hybridized carbons (Fsp3) is 0.312. The van der Waals surface area contributed by atoms with E-state index in [4.69, 9.17) is 9.47 Å². The van der Waals surface area contributed by atoms with Crippen molar-refractivity contribution >= 4 is 5.71 Å². The van der Waals surface area contributed by atoms with Crippen LogP contribution in [0.15, 0.2) is 32.8 Å². The molecule has 0 spiro atoms. The number of H-pyrrole nitrogens is 2. The Kier molecular flexibility index (Phi) is 5.41. The number of benzene rings is 1. The topological polar surface area (TPSA) is 117 Å². The van der Waals surface area contributed by atoms with Gasteiger partial charge in [0.1, 0.15) is 17.1 Å². The van der Waals surface area contributed by atoms with Crippen LogP contribution in [-0.4, -0.2) is 35.0 Å². The molecule has 0 unspecified atom stereocenters. The highest BCUT2D eigenvalue weighted by Crippen LogP contribution is 2.23. The molecule has 3 N–H and O–H groups in total. The van der Waals surface area contributed by atoms with E-state index >= 15 is 0 Å². The Balaban J connectivity index is 2.39. The number of hydrogen-bond acceptors (Lipinski definition) is 6. The average molecular weight is 333 g/mol. The number of rotatable bonds is 6. The van der Waals surface area contributed by atoms with Crippen LogP contribution in [0.4, 0.5) is 0 Å². The van der Waals surface area contributed by atoms with E-state index in [1.54, 1.807) is 39.3 Å². The minimum absolute atomic E-state index is 0.0352. The predicted octanol–water partition coefficient (Wildman–Crippen LogP) is 1.19. The van der Waals surface area contributed by atoms with Gasteiger partial charge in [0, 0.05) is 6.07 Å². The van der Waals surface area contributed by atoms with Gasteiger partial charge in [-0.3, -0.25) is 19.8 Å². The third-order valence-corrected chi connectivity index (χ3v) is 3.41. The summed E-state index contributed by atoms with van der Waals surface area (Å²) < 4.78 is 10.4. The first-order chi connectivity index (χ1) is 11.5. The average Bonchev–Trinajstić information content (AvgIpc) is 2.56. The molecule has 2 rings (SSSR count). The minimum Gasteiger partial charge on any atom is -0.497 e. The maximum atomic E-state index is 11.9. The molecular formula is C16H19N3O5. The number of nitrogens with one attached hydrogen (secondary N) is 2. The Morgan fingerprint density at radius 1 is 1.12 bits per heavy atom. The normalized spacial score (nSPS) is 11.4. The molecule has 0 aliphatic heterocycles. The second-order valence-electron chi connectivity index (χ2n) is 4.97. The van der Waals surface area contributed by atoms with Gasteiger partial charge < -0.3 is 14.6 Å². The molecule has 0 aliphatic carbocycles. The van der Waals surface area contributed by atoms with Crippen LogP contribution in [0.1, 0.15) is 24.5 Å². The van der Waals surface area contributed by atoms with E-state index in [0.29, 0.717) is 23.6 Å². The molecule has 0 bridgehead atoms. The lowest BCUT2D eigenvalue weighted by molar-refractivity contribution is 0.393. The molecule has 0 fully saturated rings. The van der Waals surface area contributed by atoms with Crippen LogP contribution in [0.5, 0.6) is 17.4 Å². The molecule has 8 nitrogen and oxygen atoms in total. The SMILES string of the molecule is CCC(=NCc1cc(OC)cc(OC)c1)c1c(O)[nH]c(=O)[nH]c1=O. The molecule has 2 aromatic rings. The van der Waals surface area contributed by atoms with Gasteiger partial charge in [0.2, 0.25) is 5.88 Å². The Morgan fingerprint density at radius 3 is 2.25 bits per heavy atom. The second kappa shape index (κ2) is 7.49. The number of aliphatic imine (C=N–C) groups is 1. The van der Waals surface area contributed by atoms with Crippen molar-refractivity contribution in [3.8, 4) is 17.4 Å². The first kappa shape index (κ1) is 17.3. The van der Waals surface area contributed by atoms with Crippen LogP contribution in [0.3, 0.4) is 0 Å². The number of aromatic amines is 2. The number of ether oxygens (including phenoxy) is 2. The summed E-state index contributed by atoms with van der Waals surface area (Å²) in [5, 5.41) is 9.84. The lowest BCUT2D eigenvalue weighted by atomic mass is 10.1. The summed E-state index contributed by atoms with van der Waals surface area (Å²) in [4.78, 5) is 31.7. The van der Waals surface area contributed by atoms with E-state index in [2.05, 4.69) is 15.0 Å². The van der Waals surface area contributed by atoms with E-state index in [9.17, 15) is 14.7 Å². The number of aromatic hydroxyl groups is 1. The van der Waals surface area contributed by atoms with Crippen molar-refractivity contribution in [3.05, 3.63) is 50.2 Å². The molecular weight excluding hydrogens is 314 g/mol. The summed E-state index contributed by atoms with van der Waals surface area (Å²) in [6, 6.07) is 5.35. The van der Waals surface area contributed by atoms with E-state index in [1.165, 1.54) is 0 Å². The smallest absolute Gasteiger partial charge is 0.328 e. The van der Waals surface area contributed by atoms with Gasteiger partial charge >= 0.3 is 5.69 Å². The van der Waals surface area contributed by atoms with Crippen LogP contribution < -0.4 is 20.7 Å². The zero-order valence-corrected chi connectivity index (χ0v) is 13.7. The number of hydrogen-bond donors (Lipinski definition) is 3. The zero-order valence-electron chi connectivity index (χ0n) is 13.7. The number of aromatic nitrogens is 2. The molecule has 1 aromatic carbocycles. The second-order valence-corrected chi connectivity index (χ2v) is 4.97. The van der Waals surface area contributed by atoms with Gasteiger partial charge in [0.05, 0.1) is 26.5 Å². The fourth-order valence-electron chi connectivity index (χ4n) is 2.25. The monoisotopic (exact) mass is 333 g/mol. The van der Waals surface area contributed by atoms with Crippen molar-refractivity contribution in [2.24, 2.45) is 4.99 Å². The predicted molar refractivity (Wildman–Crippen MR) is 89.4 cm³/mol. The van der Waals surface area contributed by atoms with Gasteiger partial charge in [-0.25, -0.2) is 4.79 Å². The third-order valence-electron chi connectivity index (χ3n) is 3.41. The summed E-state index contributed by atoms with van der Waals surface area (Å²) in [7, 11) is 3.11. The van der Waals surface area contributed by atoms with Gasteiger partial charge in [-0.2, -0.15) is 0 Å². The molecule has 0 aliphatic rings. The highest BCUT2D eigenvalue weighted by atomic mass is 16.5. The molecule has 1 aromatic heterocycles. The van der Waals surface area contributed by atoms with Gasteiger partial charge in [-0.15, -0.1) is 0 Å².